The molecule has 0 saturated carbocycles. The number of nitrogens with zero attached hydrogens (tertiary/aromatic N) is 1. The van der Waals surface area contributed by atoms with E-state index in [4.69, 9.17) is 4.74 Å². The van der Waals surface area contributed by atoms with Gasteiger partial charge in [-0.15, -0.1) is 0 Å². The summed E-state index contributed by atoms with van der Waals surface area (Å²) in [6, 6.07) is 13.6. The minimum atomic E-state index is -0.405. The number of fused-ring (bicyclic) bond motifs is 1. The molecule has 0 aliphatic carbocycles. The molecule has 108 valence electrons. The first kappa shape index (κ1) is 13.6. The van der Waals surface area contributed by atoms with E-state index >= 15 is 0 Å². The molecule has 5 heteroatoms. The van der Waals surface area contributed by atoms with E-state index in [2.05, 4.69) is 15.6 Å². The molecule has 1 atom stereocenters. The molecule has 1 amide bonds. The Balaban J connectivity index is 1.89. The van der Waals surface area contributed by atoms with Gasteiger partial charge in [0.05, 0.1) is 13.2 Å². The Morgan fingerprint density at radius 3 is 2.86 bits per heavy atom. The Bertz CT molecular complexity index is 691. The van der Waals surface area contributed by atoms with Crippen molar-refractivity contribution in [2.75, 3.05) is 20.3 Å². The second-order valence-electron chi connectivity index (χ2n) is 4.86. The molecule has 1 aliphatic heterocycles. The van der Waals surface area contributed by atoms with Crippen LogP contribution in [0.25, 0.3) is 10.8 Å². The number of hydrogen-bond donors (Lipinski definition) is 2. The number of hydrogen-bond acceptors (Lipinski definition) is 3. The van der Waals surface area contributed by atoms with Gasteiger partial charge < -0.3 is 10.1 Å². The fourth-order valence-corrected chi connectivity index (χ4v) is 2.48. The summed E-state index contributed by atoms with van der Waals surface area (Å²) in [6.07, 6.45) is 0. The van der Waals surface area contributed by atoms with Crippen LogP contribution < -0.4 is 10.6 Å². The highest BCUT2D eigenvalue weighted by molar-refractivity contribution is 6.08. The standard InChI is InChI=1S/C16H17N3O2/c1-21-10-9-17-16-18-14(15(20)19-16)13-8-4-6-11-5-2-3-7-12(11)13/h2-8,14H,9-10H2,1H3,(H2,17,18,19,20). The van der Waals surface area contributed by atoms with Crippen molar-refractivity contribution in [1.82, 2.24) is 10.6 Å². The van der Waals surface area contributed by atoms with Gasteiger partial charge >= 0.3 is 0 Å². The van der Waals surface area contributed by atoms with Crippen LogP contribution in [-0.2, 0) is 9.53 Å². The number of carbonyl (C=O) groups is 1. The minimum absolute atomic E-state index is 0.0810. The predicted molar refractivity (Wildman–Crippen MR) is 82.1 cm³/mol. The maximum absolute atomic E-state index is 12.2. The highest BCUT2D eigenvalue weighted by Gasteiger charge is 2.30. The molecule has 1 fully saturated rings. The van der Waals surface area contributed by atoms with E-state index in [-0.39, 0.29) is 5.91 Å². The van der Waals surface area contributed by atoms with Crippen LogP contribution in [0.3, 0.4) is 0 Å². The lowest BCUT2D eigenvalue weighted by molar-refractivity contribution is -0.120. The van der Waals surface area contributed by atoms with E-state index in [1.807, 2.05) is 42.5 Å². The molecule has 21 heavy (non-hydrogen) atoms. The largest absolute Gasteiger partial charge is 0.383 e. The van der Waals surface area contributed by atoms with E-state index in [9.17, 15) is 4.79 Å². The Kier molecular flexibility index (Phi) is 3.83. The monoisotopic (exact) mass is 283 g/mol. The third-order valence-corrected chi connectivity index (χ3v) is 3.48. The van der Waals surface area contributed by atoms with E-state index in [0.717, 1.165) is 16.3 Å². The third-order valence-electron chi connectivity index (χ3n) is 3.48. The molecule has 1 saturated heterocycles. The molecule has 1 unspecified atom stereocenters. The summed E-state index contributed by atoms with van der Waals surface area (Å²) >= 11 is 0. The molecular formula is C16H17N3O2. The fraction of sp³-hybridized carbons (Fsp3) is 0.250. The molecule has 1 heterocycles. The number of guanidine groups is 1. The molecule has 0 radical (unpaired) electrons. The first-order valence-corrected chi connectivity index (χ1v) is 6.88. The predicted octanol–water partition coefficient (Wildman–Crippen LogP) is 1.60. The van der Waals surface area contributed by atoms with Crippen LogP contribution in [-0.4, -0.2) is 32.1 Å². The number of benzene rings is 2. The molecule has 0 aromatic heterocycles. The third kappa shape index (κ3) is 2.73. The Hall–Kier alpha value is -2.40. The van der Waals surface area contributed by atoms with Crippen molar-refractivity contribution in [1.29, 1.82) is 0 Å². The number of methoxy groups -OCH3 is 1. The average Bonchev–Trinajstić information content (AvgIpc) is 2.88. The Morgan fingerprint density at radius 2 is 2.00 bits per heavy atom. The molecule has 2 N–H and O–H groups in total. The summed E-state index contributed by atoms with van der Waals surface area (Å²) < 4.78 is 4.95. The summed E-state index contributed by atoms with van der Waals surface area (Å²) in [5.41, 5.74) is 0.961. The minimum Gasteiger partial charge on any atom is -0.383 e. The number of rotatable bonds is 4. The van der Waals surface area contributed by atoms with Gasteiger partial charge in [0.15, 0.2) is 5.96 Å². The van der Waals surface area contributed by atoms with Crippen LogP contribution in [0.1, 0.15) is 11.6 Å². The average molecular weight is 283 g/mol. The Labute approximate surface area is 123 Å². The van der Waals surface area contributed by atoms with Crippen LogP contribution in [0.5, 0.6) is 0 Å². The van der Waals surface area contributed by atoms with Gasteiger partial charge in [-0.25, -0.2) is 0 Å². The first-order valence-electron chi connectivity index (χ1n) is 6.88. The van der Waals surface area contributed by atoms with Crippen LogP contribution in [0.4, 0.5) is 0 Å². The van der Waals surface area contributed by atoms with Gasteiger partial charge in [0, 0.05) is 7.11 Å². The number of aliphatic imine (C=N–C) groups is 1. The zero-order valence-corrected chi connectivity index (χ0v) is 11.8. The summed E-state index contributed by atoms with van der Waals surface area (Å²) in [5.74, 6) is 0.428. The zero-order valence-electron chi connectivity index (χ0n) is 11.8. The van der Waals surface area contributed by atoms with E-state index in [0.29, 0.717) is 19.1 Å². The maximum Gasteiger partial charge on any atom is 0.253 e. The van der Waals surface area contributed by atoms with Gasteiger partial charge in [-0.05, 0) is 16.3 Å². The van der Waals surface area contributed by atoms with E-state index in [1.54, 1.807) is 7.11 Å². The highest BCUT2D eigenvalue weighted by atomic mass is 16.5. The molecule has 2 aromatic rings. The van der Waals surface area contributed by atoms with Crippen molar-refractivity contribution < 1.29 is 9.53 Å². The quantitative estimate of drug-likeness (QED) is 0.838. The molecule has 0 bridgehead atoms. The smallest absolute Gasteiger partial charge is 0.253 e. The molecule has 3 rings (SSSR count). The summed E-state index contributed by atoms with van der Waals surface area (Å²) in [7, 11) is 1.62. The molecule has 1 aliphatic rings. The van der Waals surface area contributed by atoms with Gasteiger partial charge in [-0.3, -0.25) is 15.1 Å². The van der Waals surface area contributed by atoms with Crippen molar-refractivity contribution in [3.05, 3.63) is 48.0 Å². The summed E-state index contributed by atoms with van der Waals surface area (Å²) in [6.45, 7) is 1.04. The second kappa shape index (κ2) is 5.93. The molecule has 5 nitrogen and oxygen atoms in total. The number of ether oxygens (including phenoxy) is 1. The van der Waals surface area contributed by atoms with E-state index < -0.39 is 6.04 Å². The van der Waals surface area contributed by atoms with Crippen molar-refractivity contribution in [3.63, 3.8) is 0 Å². The maximum atomic E-state index is 12.2. The normalized spacial score (nSPS) is 19.8. The van der Waals surface area contributed by atoms with Crippen molar-refractivity contribution in [3.8, 4) is 0 Å². The molecular weight excluding hydrogens is 266 g/mol. The second-order valence-corrected chi connectivity index (χ2v) is 4.86. The van der Waals surface area contributed by atoms with Gasteiger partial charge in [0.1, 0.15) is 6.04 Å². The van der Waals surface area contributed by atoms with Crippen molar-refractivity contribution in [2.45, 2.75) is 6.04 Å². The van der Waals surface area contributed by atoms with Crippen LogP contribution >= 0.6 is 0 Å². The number of nitrogens with one attached hydrogen (secondary N) is 2. The fourth-order valence-electron chi connectivity index (χ4n) is 2.48. The molecule has 2 aromatic carbocycles. The van der Waals surface area contributed by atoms with E-state index in [1.165, 1.54) is 0 Å². The lowest BCUT2D eigenvalue weighted by Gasteiger charge is -2.11. The summed E-state index contributed by atoms with van der Waals surface area (Å²) in [5, 5.41) is 8.11. The lowest BCUT2D eigenvalue weighted by atomic mass is 9.99. The number of carbonyl (C=O) groups excluding carboxylic acids is 1. The topological polar surface area (TPSA) is 62.7 Å². The van der Waals surface area contributed by atoms with Crippen LogP contribution in [0.2, 0.25) is 0 Å². The number of amides is 1. The Morgan fingerprint density at radius 1 is 1.19 bits per heavy atom. The lowest BCUT2D eigenvalue weighted by Crippen LogP contribution is -2.26. The SMILES string of the molecule is COCCN=C1NC(=O)C(c2cccc3ccccc23)N1. The van der Waals surface area contributed by atoms with Crippen LogP contribution in [0, 0.1) is 0 Å². The zero-order chi connectivity index (χ0) is 14.7. The van der Waals surface area contributed by atoms with Crippen molar-refractivity contribution in [2.24, 2.45) is 4.99 Å². The highest BCUT2D eigenvalue weighted by Crippen LogP contribution is 2.25. The van der Waals surface area contributed by atoms with Crippen molar-refractivity contribution >= 4 is 22.6 Å². The molecule has 0 spiro atoms. The van der Waals surface area contributed by atoms with Gasteiger partial charge in [-0.2, -0.15) is 0 Å². The van der Waals surface area contributed by atoms with Gasteiger partial charge in [0.25, 0.3) is 5.91 Å². The summed E-state index contributed by atoms with van der Waals surface area (Å²) in [4.78, 5) is 16.4. The van der Waals surface area contributed by atoms with Gasteiger partial charge in [-0.1, -0.05) is 42.5 Å². The first-order chi connectivity index (χ1) is 10.3. The van der Waals surface area contributed by atoms with Crippen LogP contribution in [0.15, 0.2) is 47.5 Å². The van der Waals surface area contributed by atoms with Gasteiger partial charge in [0.2, 0.25) is 0 Å².